The van der Waals surface area contributed by atoms with Crippen molar-refractivity contribution in [1.29, 1.82) is 0 Å². The fourth-order valence-corrected chi connectivity index (χ4v) is 1.97. The summed E-state index contributed by atoms with van der Waals surface area (Å²) in [4.78, 5) is 11.3. The summed E-state index contributed by atoms with van der Waals surface area (Å²) >= 11 is 0. The van der Waals surface area contributed by atoms with Crippen LogP contribution in [0.2, 0.25) is 0 Å². The number of nitrogens with two attached hydrogens (primary N) is 1. The number of nitrogens with zero attached hydrogens (tertiary/aromatic N) is 3. The van der Waals surface area contributed by atoms with Crippen molar-refractivity contribution in [3.05, 3.63) is 36.4 Å². The Labute approximate surface area is 113 Å². The fraction of sp³-hybridized carbons (Fsp3) is 0.100. The SMILES string of the molecule is NS(=O)(=O)c1ccc(F)c(NC(=O)Cn2ccnn2)c1. The van der Waals surface area contributed by atoms with Crippen molar-refractivity contribution in [2.75, 3.05) is 5.32 Å². The molecular weight excluding hydrogens is 289 g/mol. The second-order valence-corrected chi connectivity index (χ2v) is 5.40. The van der Waals surface area contributed by atoms with Crippen LogP contribution in [0.1, 0.15) is 0 Å². The quantitative estimate of drug-likeness (QED) is 0.803. The summed E-state index contributed by atoms with van der Waals surface area (Å²) in [6.45, 7) is -0.182. The number of hydrogen-bond acceptors (Lipinski definition) is 5. The van der Waals surface area contributed by atoms with Crippen molar-refractivity contribution in [1.82, 2.24) is 15.0 Å². The lowest BCUT2D eigenvalue weighted by Crippen LogP contribution is -2.20. The summed E-state index contributed by atoms with van der Waals surface area (Å²) in [5.41, 5.74) is -0.276. The molecule has 2 aromatic rings. The van der Waals surface area contributed by atoms with Gasteiger partial charge < -0.3 is 5.32 Å². The van der Waals surface area contributed by atoms with Gasteiger partial charge in [-0.2, -0.15) is 0 Å². The number of benzene rings is 1. The molecule has 0 spiro atoms. The maximum Gasteiger partial charge on any atom is 0.246 e. The van der Waals surface area contributed by atoms with Crippen LogP contribution in [0.4, 0.5) is 10.1 Å². The Bertz CT molecular complexity index is 729. The first kappa shape index (κ1) is 14.1. The second kappa shape index (κ2) is 5.35. The molecule has 20 heavy (non-hydrogen) atoms. The number of amides is 1. The maximum absolute atomic E-state index is 13.5. The van der Waals surface area contributed by atoms with Gasteiger partial charge in [0.1, 0.15) is 12.4 Å². The highest BCUT2D eigenvalue weighted by Crippen LogP contribution is 2.18. The standard InChI is InChI=1S/C10H10FN5O3S/c11-8-2-1-7(20(12,18)19)5-9(8)14-10(17)6-16-4-3-13-15-16/h1-5H,6H2,(H,14,17)(H2,12,18,19). The average Bonchev–Trinajstić information content (AvgIpc) is 2.83. The van der Waals surface area contributed by atoms with E-state index < -0.39 is 21.7 Å². The van der Waals surface area contributed by atoms with Crippen molar-refractivity contribution in [3.63, 3.8) is 0 Å². The van der Waals surface area contributed by atoms with Gasteiger partial charge in [0.2, 0.25) is 15.9 Å². The van der Waals surface area contributed by atoms with Crippen LogP contribution in [0.3, 0.4) is 0 Å². The van der Waals surface area contributed by atoms with E-state index in [1.165, 1.54) is 17.1 Å². The zero-order valence-electron chi connectivity index (χ0n) is 10.0. The van der Waals surface area contributed by atoms with E-state index in [0.29, 0.717) is 0 Å². The molecule has 0 saturated heterocycles. The van der Waals surface area contributed by atoms with Gasteiger partial charge >= 0.3 is 0 Å². The molecule has 10 heteroatoms. The minimum Gasteiger partial charge on any atom is -0.322 e. The summed E-state index contributed by atoms with van der Waals surface area (Å²) in [6, 6.07) is 2.87. The lowest BCUT2D eigenvalue weighted by Gasteiger charge is -2.07. The van der Waals surface area contributed by atoms with Gasteiger partial charge in [-0.15, -0.1) is 5.10 Å². The Morgan fingerprint density at radius 1 is 1.45 bits per heavy atom. The molecule has 3 N–H and O–H groups in total. The molecule has 1 aromatic carbocycles. The summed E-state index contributed by atoms with van der Waals surface area (Å²) < 4.78 is 37.1. The van der Waals surface area contributed by atoms with Crippen molar-refractivity contribution in [3.8, 4) is 0 Å². The zero-order chi connectivity index (χ0) is 14.8. The molecule has 0 fully saturated rings. The minimum atomic E-state index is -3.97. The van der Waals surface area contributed by atoms with E-state index in [4.69, 9.17) is 5.14 Å². The first-order chi connectivity index (χ1) is 9.36. The van der Waals surface area contributed by atoms with Crippen molar-refractivity contribution in [2.24, 2.45) is 5.14 Å². The second-order valence-electron chi connectivity index (χ2n) is 3.84. The normalized spacial score (nSPS) is 11.3. The monoisotopic (exact) mass is 299 g/mol. The third-order valence-corrected chi connectivity index (χ3v) is 3.23. The summed E-state index contributed by atoms with van der Waals surface area (Å²) in [5.74, 6) is -1.36. The number of nitrogens with one attached hydrogen (secondary N) is 1. The number of anilines is 1. The summed E-state index contributed by atoms with van der Waals surface area (Å²) in [6.07, 6.45) is 2.84. The molecule has 106 valence electrons. The van der Waals surface area contributed by atoms with E-state index in [1.807, 2.05) is 0 Å². The molecule has 0 atom stereocenters. The number of primary sulfonamides is 1. The van der Waals surface area contributed by atoms with Gasteiger partial charge in [-0.25, -0.2) is 22.6 Å². The lowest BCUT2D eigenvalue weighted by molar-refractivity contribution is -0.117. The Balaban J connectivity index is 2.18. The number of carbonyl (C=O) groups excluding carboxylic acids is 1. The molecule has 0 aliphatic carbocycles. The number of hydrogen-bond donors (Lipinski definition) is 2. The Morgan fingerprint density at radius 2 is 2.20 bits per heavy atom. The molecule has 1 aromatic heterocycles. The molecule has 8 nitrogen and oxygen atoms in total. The van der Waals surface area contributed by atoms with E-state index in [0.717, 1.165) is 18.2 Å². The van der Waals surface area contributed by atoms with E-state index in [9.17, 15) is 17.6 Å². The number of rotatable bonds is 4. The third kappa shape index (κ3) is 3.36. The van der Waals surface area contributed by atoms with Gasteiger partial charge in [0, 0.05) is 6.20 Å². The molecule has 0 aliphatic heterocycles. The molecule has 0 unspecified atom stereocenters. The fourth-order valence-electron chi connectivity index (χ4n) is 1.43. The third-order valence-electron chi connectivity index (χ3n) is 2.32. The molecule has 0 radical (unpaired) electrons. The van der Waals surface area contributed by atoms with Crippen molar-refractivity contribution >= 4 is 21.6 Å². The van der Waals surface area contributed by atoms with Crippen LogP contribution in [0.15, 0.2) is 35.5 Å². The van der Waals surface area contributed by atoms with E-state index >= 15 is 0 Å². The van der Waals surface area contributed by atoms with E-state index in [-0.39, 0.29) is 17.1 Å². The van der Waals surface area contributed by atoms with Gasteiger partial charge in [0.25, 0.3) is 0 Å². The van der Waals surface area contributed by atoms with Crippen molar-refractivity contribution in [2.45, 2.75) is 11.4 Å². The predicted molar refractivity (Wildman–Crippen MR) is 66.4 cm³/mol. The predicted octanol–water partition coefficient (Wildman–Crippen LogP) is -0.297. The number of carbonyl (C=O) groups is 1. The average molecular weight is 299 g/mol. The molecule has 1 heterocycles. The summed E-state index contributed by atoms with van der Waals surface area (Å²) in [5, 5.41) is 14.3. The highest BCUT2D eigenvalue weighted by Gasteiger charge is 2.13. The van der Waals surface area contributed by atoms with Crippen LogP contribution < -0.4 is 10.5 Å². The van der Waals surface area contributed by atoms with Gasteiger partial charge in [0.05, 0.1) is 16.8 Å². The largest absolute Gasteiger partial charge is 0.322 e. The molecule has 2 rings (SSSR count). The van der Waals surface area contributed by atoms with Crippen LogP contribution in [0.5, 0.6) is 0 Å². The molecule has 0 saturated carbocycles. The van der Waals surface area contributed by atoms with Gasteiger partial charge in [-0.1, -0.05) is 5.21 Å². The van der Waals surface area contributed by atoms with Gasteiger partial charge in [-0.3, -0.25) is 4.79 Å². The summed E-state index contributed by atoms with van der Waals surface area (Å²) in [7, 11) is -3.97. The number of sulfonamides is 1. The number of aromatic nitrogens is 3. The number of halogens is 1. The Kier molecular flexibility index (Phi) is 3.77. The Morgan fingerprint density at radius 3 is 2.80 bits per heavy atom. The minimum absolute atomic E-state index is 0.182. The molecular formula is C10H10FN5O3S. The maximum atomic E-state index is 13.5. The molecule has 0 bridgehead atoms. The smallest absolute Gasteiger partial charge is 0.246 e. The van der Waals surface area contributed by atoms with Crippen molar-refractivity contribution < 1.29 is 17.6 Å². The van der Waals surface area contributed by atoms with Crippen LogP contribution in [0, 0.1) is 5.82 Å². The molecule has 1 amide bonds. The van der Waals surface area contributed by atoms with Crippen LogP contribution >= 0.6 is 0 Å². The van der Waals surface area contributed by atoms with Gasteiger partial charge in [-0.05, 0) is 18.2 Å². The zero-order valence-corrected chi connectivity index (χ0v) is 10.8. The van der Waals surface area contributed by atoms with Crippen LogP contribution in [0.25, 0.3) is 0 Å². The first-order valence-corrected chi connectivity index (χ1v) is 6.87. The Hall–Kier alpha value is -2.33. The highest BCUT2D eigenvalue weighted by atomic mass is 32.2. The van der Waals surface area contributed by atoms with Gasteiger partial charge in [0.15, 0.2) is 0 Å². The topological polar surface area (TPSA) is 120 Å². The van der Waals surface area contributed by atoms with Crippen LogP contribution in [-0.4, -0.2) is 29.3 Å². The molecule has 0 aliphatic rings. The van der Waals surface area contributed by atoms with Crippen LogP contribution in [-0.2, 0) is 21.4 Å². The first-order valence-electron chi connectivity index (χ1n) is 5.32. The van der Waals surface area contributed by atoms with E-state index in [2.05, 4.69) is 15.6 Å². The lowest BCUT2D eigenvalue weighted by atomic mass is 10.3. The van der Waals surface area contributed by atoms with E-state index in [1.54, 1.807) is 0 Å². The highest BCUT2D eigenvalue weighted by molar-refractivity contribution is 7.89.